The number of esters is 1. The Morgan fingerprint density at radius 2 is 1.94 bits per heavy atom. The number of carbonyl (C=O) groups excluding carboxylic acids is 1. The quantitative estimate of drug-likeness (QED) is 0.767. The van der Waals surface area contributed by atoms with E-state index in [1.54, 1.807) is 0 Å². The second kappa shape index (κ2) is 7.13. The summed E-state index contributed by atoms with van der Waals surface area (Å²) in [5, 5.41) is 3.57. The van der Waals surface area contributed by atoms with E-state index in [-0.39, 0.29) is 11.9 Å². The molecular formula is C15H29NO2. The summed E-state index contributed by atoms with van der Waals surface area (Å²) in [5.74, 6) is 0.0594. The van der Waals surface area contributed by atoms with Crippen LogP contribution < -0.4 is 5.32 Å². The molecule has 1 aliphatic rings. The standard InChI is InChI=1S/C15H29NO2/c1-5-18-14(17)12-8-6-7-9-13(12)16-11-10-15(2,3)4/h12-13,16H,5-11H2,1-4H3/t12-,13+/m0/s1. The Labute approximate surface area is 112 Å². The van der Waals surface area contributed by atoms with Crippen LogP contribution in [-0.2, 0) is 9.53 Å². The third-order valence-electron chi connectivity index (χ3n) is 3.64. The summed E-state index contributed by atoms with van der Waals surface area (Å²) in [6, 6.07) is 0.320. The van der Waals surface area contributed by atoms with Crippen LogP contribution >= 0.6 is 0 Å². The van der Waals surface area contributed by atoms with Gasteiger partial charge in [0.05, 0.1) is 12.5 Å². The van der Waals surface area contributed by atoms with Crippen LogP contribution in [0.15, 0.2) is 0 Å². The van der Waals surface area contributed by atoms with E-state index in [0.29, 0.717) is 18.1 Å². The Morgan fingerprint density at radius 3 is 2.56 bits per heavy atom. The van der Waals surface area contributed by atoms with Gasteiger partial charge in [-0.1, -0.05) is 33.6 Å². The lowest BCUT2D eigenvalue weighted by molar-refractivity contribution is -0.150. The summed E-state index contributed by atoms with van der Waals surface area (Å²) in [6.45, 7) is 10.1. The molecule has 18 heavy (non-hydrogen) atoms. The molecule has 0 unspecified atom stereocenters. The van der Waals surface area contributed by atoms with Crippen molar-refractivity contribution < 1.29 is 9.53 Å². The van der Waals surface area contributed by atoms with E-state index in [2.05, 4.69) is 26.1 Å². The highest BCUT2D eigenvalue weighted by molar-refractivity contribution is 5.73. The van der Waals surface area contributed by atoms with Gasteiger partial charge in [-0.15, -0.1) is 0 Å². The largest absolute Gasteiger partial charge is 0.466 e. The Bertz CT molecular complexity index is 258. The first-order valence-electron chi connectivity index (χ1n) is 7.34. The van der Waals surface area contributed by atoms with Crippen molar-refractivity contribution >= 4 is 5.97 Å². The van der Waals surface area contributed by atoms with Crippen LogP contribution in [0, 0.1) is 11.3 Å². The predicted octanol–water partition coefficient (Wildman–Crippen LogP) is 3.13. The smallest absolute Gasteiger partial charge is 0.310 e. The van der Waals surface area contributed by atoms with E-state index in [1.165, 1.54) is 6.42 Å². The van der Waals surface area contributed by atoms with Crippen molar-refractivity contribution in [2.75, 3.05) is 13.2 Å². The van der Waals surface area contributed by atoms with Gasteiger partial charge in [0, 0.05) is 6.04 Å². The SMILES string of the molecule is CCOC(=O)[C@H]1CCCC[C@H]1NCCC(C)(C)C. The maximum absolute atomic E-state index is 11.9. The molecule has 0 saturated heterocycles. The van der Waals surface area contributed by atoms with Gasteiger partial charge >= 0.3 is 5.97 Å². The van der Waals surface area contributed by atoms with Gasteiger partial charge in [-0.2, -0.15) is 0 Å². The fourth-order valence-corrected chi connectivity index (χ4v) is 2.54. The van der Waals surface area contributed by atoms with Crippen molar-refractivity contribution in [2.45, 2.75) is 65.8 Å². The second-order valence-electron chi connectivity index (χ2n) is 6.51. The van der Waals surface area contributed by atoms with E-state index in [4.69, 9.17) is 4.74 Å². The zero-order valence-electron chi connectivity index (χ0n) is 12.4. The number of hydrogen-bond acceptors (Lipinski definition) is 3. The monoisotopic (exact) mass is 255 g/mol. The van der Waals surface area contributed by atoms with Gasteiger partial charge in [0.1, 0.15) is 0 Å². The normalized spacial score (nSPS) is 24.9. The molecule has 1 aliphatic carbocycles. The zero-order valence-corrected chi connectivity index (χ0v) is 12.4. The fraction of sp³-hybridized carbons (Fsp3) is 0.933. The second-order valence-corrected chi connectivity index (χ2v) is 6.51. The molecule has 0 aliphatic heterocycles. The lowest BCUT2D eigenvalue weighted by atomic mass is 9.84. The molecule has 0 aromatic heterocycles. The maximum Gasteiger partial charge on any atom is 0.310 e. The molecule has 1 saturated carbocycles. The van der Waals surface area contributed by atoms with Crippen molar-refractivity contribution in [1.29, 1.82) is 0 Å². The van der Waals surface area contributed by atoms with Crippen molar-refractivity contribution in [3.05, 3.63) is 0 Å². The van der Waals surface area contributed by atoms with Crippen LogP contribution in [-0.4, -0.2) is 25.2 Å². The van der Waals surface area contributed by atoms with Crippen LogP contribution in [0.25, 0.3) is 0 Å². The number of hydrogen-bond donors (Lipinski definition) is 1. The first-order chi connectivity index (χ1) is 8.44. The molecule has 0 aromatic rings. The first kappa shape index (κ1) is 15.5. The van der Waals surface area contributed by atoms with Gasteiger partial charge in [0.15, 0.2) is 0 Å². The number of carbonyl (C=O) groups is 1. The molecule has 106 valence electrons. The van der Waals surface area contributed by atoms with Gasteiger partial charge in [-0.05, 0) is 38.1 Å². The van der Waals surface area contributed by atoms with Crippen LogP contribution in [0.3, 0.4) is 0 Å². The average molecular weight is 255 g/mol. The summed E-state index contributed by atoms with van der Waals surface area (Å²) in [7, 11) is 0. The first-order valence-corrected chi connectivity index (χ1v) is 7.34. The Morgan fingerprint density at radius 1 is 1.28 bits per heavy atom. The lowest BCUT2D eigenvalue weighted by Crippen LogP contribution is -2.43. The molecule has 1 N–H and O–H groups in total. The minimum atomic E-state index is -0.00883. The van der Waals surface area contributed by atoms with Crippen molar-refractivity contribution in [1.82, 2.24) is 5.32 Å². The van der Waals surface area contributed by atoms with Crippen LogP contribution in [0.2, 0.25) is 0 Å². The van der Waals surface area contributed by atoms with E-state index in [1.807, 2.05) is 6.92 Å². The fourth-order valence-electron chi connectivity index (χ4n) is 2.54. The van der Waals surface area contributed by atoms with E-state index < -0.39 is 0 Å². The summed E-state index contributed by atoms with van der Waals surface area (Å²) in [4.78, 5) is 11.9. The molecule has 0 radical (unpaired) electrons. The summed E-state index contributed by atoms with van der Waals surface area (Å²) >= 11 is 0. The minimum absolute atomic E-state index is 0.00883. The van der Waals surface area contributed by atoms with E-state index in [9.17, 15) is 4.79 Å². The van der Waals surface area contributed by atoms with Crippen LogP contribution in [0.5, 0.6) is 0 Å². The summed E-state index contributed by atoms with van der Waals surface area (Å²) in [5.41, 5.74) is 0.348. The van der Waals surface area contributed by atoms with Gasteiger partial charge in [-0.25, -0.2) is 0 Å². The Hall–Kier alpha value is -0.570. The minimum Gasteiger partial charge on any atom is -0.466 e. The van der Waals surface area contributed by atoms with E-state index in [0.717, 1.165) is 32.2 Å². The van der Waals surface area contributed by atoms with Crippen molar-refractivity contribution in [3.8, 4) is 0 Å². The molecule has 3 heteroatoms. The molecular weight excluding hydrogens is 226 g/mol. The lowest BCUT2D eigenvalue weighted by Gasteiger charge is -2.31. The maximum atomic E-state index is 11.9. The molecule has 0 aromatic carbocycles. The molecule has 1 fully saturated rings. The van der Waals surface area contributed by atoms with Gasteiger partial charge in [0.2, 0.25) is 0 Å². The van der Waals surface area contributed by atoms with Gasteiger partial charge in [0.25, 0.3) is 0 Å². The molecule has 1 rings (SSSR count). The molecule has 2 atom stereocenters. The highest BCUT2D eigenvalue weighted by Crippen LogP contribution is 2.26. The number of rotatable bonds is 5. The molecule has 0 bridgehead atoms. The highest BCUT2D eigenvalue weighted by atomic mass is 16.5. The van der Waals surface area contributed by atoms with Crippen molar-refractivity contribution in [3.63, 3.8) is 0 Å². The van der Waals surface area contributed by atoms with Gasteiger partial charge in [-0.3, -0.25) is 4.79 Å². The number of nitrogens with one attached hydrogen (secondary N) is 1. The number of ether oxygens (including phenoxy) is 1. The summed E-state index contributed by atoms with van der Waals surface area (Å²) in [6.07, 6.45) is 5.60. The third-order valence-corrected chi connectivity index (χ3v) is 3.64. The average Bonchev–Trinajstić information content (AvgIpc) is 2.28. The molecule has 0 amide bonds. The van der Waals surface area contributed by atoms with Crippen LogP contribution in [0.4, 0.5) is 0 Å². The van der Waals surface area contributed by atoms with E-state index >= 15 is 0 Å². The topological polar surface area (TPSA) is 38.3 Å². The highest BCUT2D eigenvalue weighted by Gasteiger charge is 2.31. The van der Waals surface area contributed by atoms with Gasteiger partial charge < -0.3 is 10.1 Å². The molecule has 3 nitrogen and oxygen atoms in total. The molecule has 0 heterocycles. The zero-order chi connectivity index (χ0) is 13.6. The summed E-state index contributed by atoms with van der Waals surface area (Å²) < 4.78 is 5.18. The third kappa shape index (κ3) is 5.38. The van der Waals surface area contributed by atoms with Crippen LogP contribution in [0.1, 0.15) is 59.8 Å². The predicted molar refractivity (Wildman–Crippen MR) is 74.5 cm³/mol. The Kier molecular flexibility index (Phi) is 6.13. The Balaban J connectivity index is 2.42. The molecule has 0 spiro atoms. The van der Waals surface area contributed by atoms with Crippen molar-refractivity contribution in [2.24, 2.45) is 11.3 Å².